The van der Waals surface area contributed by atoms with Crippen LogP contribution in [-0.4, -0.2) is 27.1 Å². The summed E-state index contributed by atoms with van der Waals surface area (Å²) in [5, 5.41) is 11.9. The third kappa shape index (κ3) is 3.36. The van der Waals surface area contributed by atoms with Crippen molar-refractivity contribution in [3.8, 4) is 0 Å². The number of carboxylic acid groups (broad SMARTS) is 1. The quantitative estimate of drug-likeness (QED) is 0.828. The van der Waals surface area contributed by atoms with Crippen LogP contribution in [0.4, 0.5) is 0 Å². The maximum absolute atomic E-state index is 12.3. The lowest BCUT2D eigenvalue weighted by molar-refractivity contribution is -0.138. The van der Waals surface area contributed by atoms with Gasteiger partial charge in [-0.15, -0.1) is 0 Å². The lowest BCUT2D eigenvalue weighted by Crippen LogP contribution is -2.49. The normalized spacial score (nSPS) is 11.4. The Balaban J connectivity index is 2.94. The van der Waals surface area contributed by atoms with Crippen LogP contribution < -0.4 is 5.32 Å². The molecule has 0 radical (unpaired) electrons. The molecule has 0 saturated heterocycles. The molecular weight excluding hydrogens is 244 g/mol. The number of hydrogen-bond acceptors (Lipinski definition) is 2. The Bertz CT molecular complexity index is 473. The zero-order chi connectivity index (χ0) is 14.6. The number of nitrogens with one attached hydrogen (secondary N) is 1. The number of carboxylic acids is 1. The predicted octanol–water partition coefficient (Wildman–Crippen LogP) is 2.10. The molecule has 0 unspecified atom stereocenters. The number of rotatable bonds is 6. The molecule has 1 rings (SSSR count). The third-order valence-electron chi connectivity index (χ3n) is 3.83. The van der Waals surface area contributed by atoms with Gasteiger partial charge in [-0.05, 0) is 31.9 Å². The summed E-state index contributed by atoms with van der Waals surface area (Å²) < 4.78 is 1.80. The van der Waals surface area contributed by atoms with Crippen molar-refractivity contribution < 1.29 is 14.7 Å². The van der Waals surface area contributed by atoms with Crippen LogP contribution in [0.25, 0.3) is 0 Å². The van der Waals surface area contributed by atoms with Crippen LogP contribution in [0.2, 0.25) is 0 Å². The molecule has 0 aliphatic carbocycles. The molecule has 0 spiro atoms. The van der Waals surface area contributed by atoms with Crippen LogP contribution in [0.15, 0.2) is 12.1 Å². The highest BCUT2D eigenvalue weighted by atomic mass is 16.4. The average Bonchev–Trinajstić information content (AvgIpc) is 2.68. The minimum atomic E-state index is -0.896. The van der Waals surface area contributed by atoms with Gasteiger partial charge in [0.05, 0.1) is 12.0 Å². The number of carbonyl (C=O) groups is 2. The van der Waals surface area contributed by atoms with Crippen LogP contribution in [-0.2, 0) is 11.8 Å². The number of aromatic nitrogens is 1. The Morgan fingerprint density at radius 2 is 1.89 bits per heavy atom. The molecule has 0 aliphatic heterocycles. The summed E-state index contributed by atoms with van der Waals surface area (Å²) in [5.41, 5.74) is 0.859. The van der Waals surface area contributed by atoms with Crippen LogP contribution in [0.5, 0.6) is 0 Å². The highest BCUT2D eigenvalue weighted by Gasteiger charge is 2.31. The van der Waals surface area contributed by atoms with E-state index < -0.39 is 11.5 Å². The van der Waals surface area contributed by atoms with Gasteiger partial charge in [0.1, 0.15) is 5.69 Å². The fourth-order valence-corrected chi connectivity index (χ4v) is 2.16. The van der Waals surface area contributed by atoms with Gasteiger partial charge in [-0.25, -0.2) is 0 Å². The first kappa shape index (κ1) is 15.3. The van der Waals surface area contributed by atoms with Crippen molar-refractivity contribution in [2.24, 2.45) is 7.05 Å². The van der Waals surface area contributed by atoms with Crippen molar-refractivity contribution in [2.45, 2.75) is 45.6 Å². The molecule has 1 amide bonds. The van der Waals surface area contributed by atoms with E-state index in [1.54, 1.807) is 10.6 Å². The van der Waals surface area contributed by atoms with Gasteiger partial charge in [0.2, 0.25) is 0 Å². The van der Waals surface area contributed by atoms with E-state index in [-0.39, 0.29) is 12.3 Å². The number of nitrogens with zero attached hydrogens (tertiary/aromatic N) is 1. The van der Waals surface area contributed by atoms with Crippen molar-refractivity contribution in [1.29, 1.82) is 0 Å². The monoisotopic (exact) mass is 266 g/mol. The van der Waals surface area contributed by atoms with Crippen LogP contribution in [0.1, 0.15) is 49.3 Å². The fourth-order valence-electron chi connectivity index (χ4n) is 2.16. The number of aliphatic carboxylic acids is 1. The van der Waals surface area contributed by atoms with Crippen LogP contribution in [0.3, 0.4) is 0 Å². The zero-order valence-corrected chi connectivity index (χ0v) is 12.0. The largest absolute Gasteiger partial charge is 0.481 e. The molecule has 1 aromatic rings. The molecule has 0 fully saturated rings. The molecule has 1 aromatic heterocycles. The molecule has 5 heteroatoms. The Morgan fingerprint density at radius 3 is 2.26 bits per heavy atom. The highest BCUT2D eigenvalue weighted by molar-refractivity contribution is 5.93. The third-order valence-corrected chi connectivity index (χ3v) is 3.83. The second-order valence-electron chi connectivity index (χ2n) is 4.93. The van der Waals surface area contributed by atoms with E-state index in [0.29, 0.717) is 18.5 Å². The first-order chi connectivity index (χ1) is 8.85. The Kier molecular flexibility index (Phi) is 4.75. The van der Waals surface area contributed by atoms with E-state index in [2.05, 4.69) is 5.32 Å². The zero-order valence-electron chi connectivity index (χ0n) is 12.0. The number of carbonyl (C=O) groups excluding carboxylic acids is 1. The van der Waals surface area contributed by atoms with E-state index in [1.165, 1.54) is 0 Å². The number of aryl methyl sites for hydroxylation is 1. The summed E-state index contributed by atoms with van der Waals surface area (Å²) in [4.78, 5) is 23.2. The summed E-state index contributed by atoms with van der Waals surface area (Å²) in [5.74, 6) is -1.12. The van der Waals surface area contributed by atoms with Crippen molar-refractivity contribution in [3.05, 3.63) is 23.5 Å². The number of hydrogen-bond donors (Lipinski definition) is 2. The standard InChI is InChI=1S/C14H22N2O3/c1-5-14(6-2,9-12(17)18)15-13(19)11-8-7-10(3)16(11)4/h7-8H,5-6,9H2,1-4H3,(H,15,19)(H,17,18). The van der Waals surface area contributed by atoms with Gasteiger partial charge in [-0.1, -0.05) is 13.8 Å². The summed E-state index contributed by atoms with van der Waals surface area (Å²) in [7, 11) is 1.82. The smallest absolute Gasteiger partial charge is 0.305 e. The van der Waals surface area contributed by atoms with Crippen molar-refractivity contribution in [2.75, 3.05) is 0 Å². The molecule has 0 aliphatic rings. The van der Waals surface area contributed by atoms with Gasteiger partial charge in [-0.3, -0.25) is 9.59 Å². The van der Waals surface area contributed by atoms with Crippen LogP contribution in [0, 0.1) is 6.92 Å². The Labute approximate surface area is 113 Å². The predicted molar refractivity (Wildman–Crippen MR) is 73.2 cm³/mol. The van der Waals surface area contributed by atoms with Gasteiger partial charge in [0.15, 0.2) is 0 Å². The van der Waals surface area contributed by atoms with E-state index in [0.717, 1.165) is 5.69 Å². The lowest BCUT2D eigenvalue weighted by Gasteiger charge is -2.31. The second-order valence-corrected chi connectivity index (χ2v) is 4.93. The van der Waals surface area contributed by atoms with Gasteiger partial charge < -0.3 is 15.0 Å². The summed E-state index contributed by atoms with van der Waals surface area (Å²) in [6, 6.07) is 3.62. The molecule has 2 N–H and O–H groups in total. The fraction of sp³-hybridized carbons (Fsp3) is 0.571. The maximum Gasteiger partial charge on any atom is 0.305 e. The van der Waals surface area contributed by atoms with E-state index >= 15 is 0 Å². The molecule has 0 atom stereocenters. The number of amides is 1. The van der Waals surface area contributed by atoms with Crippen molar-refractivity contribution in [1.82, 2.24) is 9.88 Å². The first-order valence-corrected chi connectivity index (χ1v) is 6.52. The summed E-state index contributed by atoms with van der Waals surface area (Å²) in [6.07, 6.45) is 1.12. The molecule has 0 bridgehead atoms. The summed E-state index contributed by atoms with van der Waals surface area (Å²) in [6.45, 7) is 5.70. The van der Waals surface area contributed by atoms with Gasteiger partial charge in [0.25, 0.3) is 5.91 Å². The van der Waals surface area contributed by atoms with Crippen molar-refractivity contribution in [3.63, 3.8) is 0 Å². The van der Waals surface area contributed by atoms with E-state index in [9.17, 15) is 9.59 Å². The topological polar surface area (TPSA) is 71.3 Å². The lowest BCUT2D eigenvalue weighted by atomic mass is 9.89. The molecule has 106 valence electrons. The van der Waals surface area contributed by atoms with Crippen LogP contribution >= 0.6 is 0 Å². The summed E-state index contributed by atoms with van der Waals surface area (Å²) >= 11 is 0. The molecule has 0 aromatic carbocycles. The minimum absolute atomic E-state index is 0.0604. The molecule has 1 heterocycles. The minimum Gasteiger partial charge on any atom is -0.481 e. The van der Waals surface area contributed by atoms with Gasteiger partial charge >= 0.3 is 5.97 Å². The maximum atomic E-state index is 12.3. The van der Waals surface area contributed by atoms with Gasteiger partial charge in [0, 0.05) is 12.7 Å². The Morgan fingerprint density at radius 1 is 1.32 bits per heavy atom. The first-order valence-electron chi connectivity index (χ1n) is 6.52. The van der Waals surface area contributed by atoms with E-state index in [1.807, 2.05) is 33.9 Å². The molecular formula is C14H22N2O3. The van der Waals surface area contributed by atoms with E-state index in [4.69, 9.17) is 5.11 Å². The highest BCUT2D eigenvalue weighted by Crippen LogP contribution is 2.21. The SMILES string of the molecule is CCC(CC)(CC(=O)O)NC(=O)c1ccc(C)n1C. The second kappa shape index (κ2) is 5.91. The molecule has 5 nitrogen and oxygen atoms in total. The van der Waals surface area contributed by atoms with Crippen molar-refractivity contribution >= 4 is 11.9 Å². The molecule has 0 saturated carbocycles. The molecule has 19 heavy (non-hydrogen) atoms. The van der Waals surface area contributed by atoms with Gasteiger partial charge in [-0.2, -0.15) is 0 Å². The average molecular weight is 266 g/mol. The Hall–Kier alpha value is -1.78.